The lowest BCUT2D eigenvalue weighted by Crippen LogP contribution is -2.03. The number of aryl methyl sites for hydroxylation is 1. The predicted molar refractivity (Wildman–Crippen MR) is 56.7 cm³/mol. The van der Waals surface area contributed by atoms with Crippen molar-refractivity contribution in [3.63, 3.8) is 0 Å². The lowest BCUT2D eigenvalue weighted by atomic mass is 10.4. The minimum absolute atomic E-state index is 0.0312. The first-order valence-electron chi connectivity index (χ1n) is 5.43. The first kappa shape index (κ1) is 13.3. The number of ether oxygens (including phenoxy) is 1. The molecular weight excluding hydrogens is 266 g/mol. The van der Waals surface area contributed by atoms with Crippen LogP contribution in [0.15, 0.2) is 12.4 Å². The summed E-state index contributed by atoms with van der Waals surface area (Å²) in [6.07, 6.45) is 3.34. The summed E-state index contributed by atoms with van der Waals surface area (Å²) in [5.74, 6) is -8.13. The molecule has 19 heavy (non-hydrogen) atoms. The fourth-order valence-electron chi connectivity index (χ4n) is 1.42. The molecule has 2 aromatic heterocycles. The van der Waals surface area contributed by atoms with Gasteiger partial charge in [0, 0.05) is 6.54 Å². The summed E-state index contributed by atoms with van der Waals surface area (Å²) in [5.41, 5.74) is 0. The minimum Gasteiger partial charge on any atom is -0.447 e. The zero-order valence-electron chi connectivity index (χ0n) is 9.83. The van der Waals surface area contributed by atoms with E-state index in [1.165, 1.54) is 17.1 Å². The molecule has 102 valence electrons. The van der Waals surface area contributed by atoms with Gasteiger partial charge in [0.1, 0.15) is 0 Å². The molecule has 4 nitrogen and oxygen atoms in total. The fourth-order valence-corrected chi connectivity index (χ4v) is 1.42. The van der Waals surface area contributed by atoms with Gasteiger partial charge in [0.15, 0.2) is 5.75 Å². The second kappa shape index (κ2) is 5.25. The number of hydrogen-bond acceptors (Lipinski definition) is 3. The normalized spacial score (nSPS) is 10.8. The van der Waals surface area contributed by atoms with Crippen molar-refractivity contribution in [2.24, 2.45) is 0 Å². The highest BCUT2D eigenvalue weighted by Crippen LogP contribution is 2.29. The van der Waals surface area contributed by atoms with Crippen LogP contribution in [0.4, 0.5) is 17.6 Å². The molecule has 0 unspecified atom stereocenters. The van der Waals surface area contributed by atoms with Crippen LogP contribution in [0, 0.1) is 23.5 Å². The Balaban J connectivity index is 2.32. The van der Waals surface area contributed by atoms with E-state index >= 15 is 0 Å². The van der Waals surface area contributed by atoms with Crippen LogP contribution in [0.2, 0.25) is 0 Å². The molecule has 0 fully saturated rings. The molecule has 0 aliphatic rings. The number of rotatable bonds is 4. The van der Waals surface area contributed by atoms with Crippen molar-refractivity contribution in [1.82, 2.24) is 14.8 Å². The van der Waals surface area contributed by atoms with Crippen LogP contribution < -0.4 is 4.74 Å². The Morgan fingerprint density at radius 1 is 1.16 bits per heavy atom. The van der Waals surface area contributed by atoms with Crippen molar-refractivity contribution in [1.29, 1.82) is 0 Å². The molecule has 2 heterocycles. The van der Waals surface area contributed by atoms with Gasteiger partial charge in [-0.1, -0.05) is 6.92 Å². The van der Waals surface area contributed by atoms with Gasteiger partial charge in [0.05, 0.1) is 12.4 Å². The van der Waals surface area contributed by atoms with Crippen LogP contribution in [0.3, 0.4) is 0 Å². The van der Waals surface area contributed by atoms with Gasteiger partial charge in [0.25, 0.3) is 11.9 Å². The smallest absolute Gasteiger partial charge is 0.255 e. The molecule has 0 saturated heterocycles. The summed E-state index contributed by atoms with van der Waals surface area (Å²) in [5, 5.41) is 3.85. The molecule has 0 atom stereocenters. The molecule has 2 aromatic rings. The highest BCUT2D eigenvalue weighted by atomic mass is 19.2. The molecule has 8 heteroatoms. The Labute approximate surface area is 105 Å². The molecule has 0 N–H and O–H groups in total. The standard InChI is InChI=1S/C11H9F4N3O/c1-2-3-18-5-6(4-16-18)19-9-7(12)10(14)17-11(15)8(9)13/h4-5H,2-3H2,1H3. The molecular formula is C11H9F4N3O. The van der Waals surface area contributed by atoms with Crippen LogP contribution in [-0.4, -0.2) is 14.8 Å². The van der Waals surface area contributed by atoms with Crippen LogP contribution in [0.25, 0.3) is 0 Å². The second-order valence-electron chi connectivity index (χ2n) is 3.69. The number of halogens is 4. The van der Waals surface area contributed by atoms with Gasteiger partial charge in [-0.15, -0.1) is 0 Å². The van der Waals surface area contributed by atoms with Crippen LogP contribution in [0.1, 0.15) is 13.3 Å². The molecule has 2 rings (SSSR count). The van der Waals surface area contributed by atoms with Crippen LogP contribution >= 0.6 is 0 Å². The van der Waals surface area contributed by atoms with E-state index in [2.05, 4.69) is 10.1 Å². The maximum atomic E-state index is 13.3. The van der Waals surface area contributed by atoms with Crippen LogP contribution in [0.5, 0.6) is 11.5 Å². The van der Waals surface area contributed by atoms with Gasteiger partial charge in [-0.3, -0.25) is 4.68 Å². The minimum atomic E-state index is -1.77. The summed E-state index contributed by atoms with van der Waals surface area (Å²) < 4.78 is 58.5. The van der Waals surface area contributed by atoms with Gasteiger partial charge in [-0.25, -0.2) is 0 Å². The van der Waals surface area contributed by atoms with Gasteiger partial charge in [0.2, 0.25) is 17.4 Å². The SMILES string of the molecule is CCCn1cc(Oc2c(F)c(F)nc(F)c2F)cn1. The topological polar surface area (TPSA) is 39.9 Å². The molecule has 0 spiro atoms. The summed E-state index contributed by atoms with van der Waals surface area (Å²) in [7, 11) is 0. The Morgan fingerprint density at radius 3 is 2.37 bits per heavy atom. The highest BCUT2D eigenvalue weighted by molar-refractivity contribution is 5.29. The van der Waals surface area contributed by atoms with Crippen molar-refractivity contribution in [2.75, 3.05) is 0 Å². The summed E-state index contributed by atoms with van der Waals surface area (Å²) in [6.45, 7) is 2.49. The van der Waals surface area contributed by atoms with E-state index in [1.807, 2.05) is 6.92 Å². The number of nitrogens with zero attached hydrogens (tertiary/aromatic N) is 3. The quantitative estimate of drug-likeness (QED) is 0.636. The average Bonchev–Trinajstić information content (AvgIpc) is 2.80. The molecule has 0 radical (unpaired) electrons. The van der Waals surface area contributed by atoms with Gasteiger partial charge in [-0.2, -0.15) is 27.6 Å². The third kappa shape index (κ3) is 2.67. The van der Waals surface area contributed by atoms with Crippen molar-refractivity contribution in [2.45, 2.75) is 19.9 Å². The van der Waals surface area contributed by atoms with E-state index in [4.69, 9.17) is 4.74 Å². The summed E-state index contributed by atoms with van der Waals surface area (Å²) in [4.78, 5) is 2.43. The lowest BCUT2D eigenvalue weighted by molar-refractivity contribution is 0.343. The largest absolute Gasteiger partial charge is 0.447 e. The highest BCUT2D eigenvalue weighted by Gasteiger charge is 2.23. The van der Waals surface area contributed by atoms with Crippen LogP contribution in [-0.2, 0) is 6.54 Å². The Bertz CT molecular complexity index is 574. The van der Waals surface area contributed by atoms with Crippen molar-refractivity contribution < 1.29 is 22.3 Å². The fraction of sp³-hybridized carbons (Fsp3) is 0.273. The maximum absolute atomic E-state index is 13.3. The first-order chi connectivity index (χ1) is 9.02. The zero-order chi connectivity index (χ0) is 14.0. The van der Waals surface area contributed by atoms with E-state index in [1.54, 1.807) is 0 Å². The van der Waals surface area contributed by atoms with Gasteiger partial charge >= 0.3 is 0 Å². The van der Waals surface area contributed by atoms with Crippen molar-refractivity contribution in [3.8, 4) is 11.5 Å². The predicted octanol–water partition coefficient (Wildman–Crippen LogP) is 3.04. The number of hydrogen-bond donors (Lipinski definition) is 0. The number of aromatic nitrogens is 3. The molecule has 0 bridgehead atoms. The summed E-state index contributed by atoms with van der Waals surface area (Å²) >= 11 is 0. The third-order valence-corrected chi connectivity index (χ3v) is 2.24. The van der Waals surface area contributed by atoms with E-state index in [0.717, 1.165) is 6.42 Å². The zero-order valence-corrected chi connectivity index (χ0v) is 9.83. The molecule has 0 saturated carbocycles. The monoisotopic (exact) mass is 275 g/mol. The lowest BCUT2D eigenvalue weighted by Gasteiger charge is -2.06. The van der Waals surface area contributed by atoms with E-state index < -0.39 is 29.3 Å². The molecule has 0 aromatic carbocycles. The van der Waals surface area contributed by atoms with Gasteiger partial charge in [-0.05, 0) is 6.42 Å². The van der Waals surface area contributed by atoms with Gasteiger partial charge < -0.3 is 4.74 Å². The van der Waals surface area contributed by atoms with E-state index in [9.17, 15) is 17.6 Å². The first-order valence-corrected chi connectivity index (χ1v) is 5.43. The second-order valence-corrected chi connectivity index (χ2v) is 3.69. The number of pyridine rings is 1. The Morgan fingerprint density at radius 2 is 1.79 bits per heavy atom. The van der Waals surface area contributed by atoms with E-state index in [0.29, 0.717) is 6.54 Å². The third-order valence-electron chi connectivity index (χ3n) is 2.24. The van der Waals surface area contributed by atoms with Crippen molar-refractivity contribution >= 4 is 0 Å². The summed E-state index contributed by atoms with van der Waals surface area (Å²) in [6, 6.07) is 0. The molecule has 0 aliphatic heterocycles. The molecule has 0 aliphatic carbocycles. The Hall–Kier alpha value is -2.12. The maximum Gasteiger partial charge on any atom is 0.255 e. The van der Waals surface area contributed by atoms with Crippen molar-refractivity contribution in [3.05, 3.63) is 35.9 Å². The average molecular weight is 275 g/mol. The van der Waals surface area contributed by atoms with E-state index in [-0.39, 0.29) is 5.75 Å². The molecule has 0 amide bonds. The Kier molecular flexibility index (Phi) is 3.68.